The smallest absolute Gasteiger partial charge is 0.226 e. The lowest BCUT2D eigenvalue weighted by Gasteiger charge is -2.18. The molecule has 0 N–H and O–H groups in total. The van der Waals surface area contributed by atoms with Gasteiger partial charge in [-0.2, -0.15) is 0 Å². The summed E-state index contributed by atoms with van der Waals surface area (Å²) in [5.74, 6) is 0. The molecule has 0 spiro atoms. The average Bonchev–Trinajstić information content (AvgIpc) is 2.46. The van der Waals surface area contributed by atoms with E-state index in [2.05, 4.69) is 0 Å². The molecule has 98 valence electrons. The van der Waals surface area contributed by atoms with Crippen molar-refractivity contribution in [2.24, 2.45) is 0 Å². The van der Waals surface area contributed by atoms with E-state index in [1.807, 2.05) is 60.7 Å². The Balaban J connectivity index is 2.27. The van der Waals surface area contributed by atoms with Crippen LogP contribution in [0.1, 0.15) is 17.7 Å². The molecule has 2 unspecified atom stereocenters. The van der Waals surface area contributed by atoms with E-state index >= 15 is 0 Å². The second-order valence-electron chi connectivity index (χ2n) is 4.29. The van der Waals surface area contributed by atoms with Crippen LogP contribution in [-0.4, -0.2) is 11.0 Å². The molecule has 0 fully saturated rings. The predicted octanol–water partition coefficient (Wildman–Crippen LogP) is 4.19. The molecule has 2 atom stereocenters. The molecule has 3 nitrogen and oxygen atoms in total. The average molecular weight is 273 g/mol. The number of hydrogen-bond acceptors (Lipinski definition) is 3. The summed E-state index contributed by atoms with van der Waals surface area (Å²) in [6, 6.07) is 18.8. The first kappa shape index (κ1) is 13.6. The number of rotatable bonds is 5. The highest BCUT2D eigenvalue weighted by Gasteiger charge is 2.28. The van der Waals surface area contributed by atoms with Gasteiger partial charge in [0.1, 0.15) is 5.25 Å². The van der Waals surface area contributed by atoms with Gasteiger partial charge >= 0.3 is 0 Å². The van der Waals surface area contributed by atoms with Gasteiger partial charge in [-0.15, -0.1) is 11.8 Å². The maximum atomic E-state index is 11.1. The summed E-state index contributed by atoms with van der Waals surface area (Å²) in [7, 11) is 0. The van der Waals surface area contributed by atoms with Gasteiger partial charge in [0.15, 0.2) is 0 Å². The van der Waals surface area contributed by atoms with Crippen LogP contribution >= 0.6 is 11.8 Å². The quantitative estimate of drug-likeness (QED) is 0.466. The van der Waals surface area contributed by atoms with E-state index in [4.69, 9.17) is 0 Å². The molecule has 0 heterocycles. The van der Waals surface area contributed by atoms with Gasteiger partial charge in [-0.05, 0) is 17.7 Å². The van der Waals surface area contributed by atoms with Gasteiger partial charge in [0.25, 0.3) is 0 Å². The molecule has 4 heteroatoms. The number of nitro groups is 1. The number of hydrogen-bond donors (Lipinski definition) is 0. The minimum Gasteiger partial charge on any atom is -0.264 e. The normalized spacial score (nSPS) is 13.7. The summed E-state index contributed by atoms with van der Waals surface area (Å²) in [4.78, 5) is 11.9. The third kappa shape index (κ3) is 3.58. The van der Waals surface area contributed by atoms with Crippen molar-refractivity contribution in [2.45, 2.75) is 23.1 Å². The van der Waals surface area contributed by atoms with Crippen LogP contribution in [0, 0.1) is 10.1 Å². The molecule has 0 bridgehead atoms. The molecule has 19 heavy (non-hydrogen) atoms. The predicted molar refractivity (Wildman–Crippen MR) is 77.9 cm³/mol. The fourth-order valence-corrected chi connectivity index (χ4v) is 3.04. The second kappa shape index (κ2) is 6.38. The molecule has 2 aromatic rings. The standard InChI is InChI=1S/C15H15NO2S/c1-12(16(17)18)15(13-8-4-2-5-9-13)19-14-10-6-3-7-11-14/h2-12,15H,1H3. The molecule has 0 amide bonds. The van der Waals surface area contributed by atoms with Crippen molar-refractivity contribution in [1.82, 2.24) is 0 Å². The van der Waals surface area contributed by atoms with Crippen molar-refractivity contribution in [1.29, 1.82) is 0 Å². The van der Waals surface area contributed by atoms with Crippen molar-refractivity contribution in [2.75, 3.05) is 0 Å². The minimum atomic E-state index is -0.632. The number of benzene rings is 2. The minimum absolute atomic E-state index is 0.182. The third-order valence-corrected chi connectivity index (χ3v) is 4.37. The van der Waals surface area contributed by atoms with Crippen LogP contribution in [0.2, 0.25) is 0 Å². The first-order chi connectivity index (χ1) is 9.18. The van der Waals surface area contributed by atoms with Crippen molar-refractivity contribution in [3.8, 4) is 0 Å². The van der Waals surface area contributed by atoms with Crippen LogP contribution in [0.25, 0.3) is 0 Å². The topological polar surface area (TPSA) is 43.1 Å². The Bertz CT molecular complexity index is 530. The van der Waals surface area contributed by atoms with Crippen molar-refractivity contribution in [3.05, 3.63) is 76.3 Å². The van der Waals surface area contributed by atoms with Crippen LogP contribution in [-0.2, 0) is 0 Å². The third-order valence-electron chi connectivity index (χ3n) is 2.91. The Hall–Kier alpha value is -1.81. The summed E-state index contributed by atoms with van der Waals surface area (Å²) in [5.41, 5.74) is 0.987. The maximum Gasteiger partial charge on any atom is 0.226 e. The Labute approximate surface area is 116 Å². The van der Waals surface area contributed by atoms with Crippen LogP contribution in [0.4, 0.5) is 0 Å². The highest BCUT2D eigenvalue weighted by Crippen LogP contribution is 2.38. The summed E-state index contributed by atoms with van der Waals surface area (Å²) >= 11 is 1.54. The summed E-state index contributed by atoms with van der Waals surface area (Å²) < 4.78 is 0. The highest BCUT2D eigenvalue weighted by molar-refractivity contribution is 7.99. The van der Waals surface area contributed by atoms with Crippen molar-refractivity contribution >= 4 is 11.8 Å². The van der Waals surface area contributed by atoms with Gasteiger partial charge in [0, 0.05) is 16.7 Å². The van der Waals surface area contributed by atoms with Gasteiger partial charge < -0.3 is 0 Å². The van der Waals surface area contributed by atoms with E-state index in [1.54, 1.807) is 6.92 Å². The van der Waals surface area contributed by atoms with E-state index in [0.717, 1.165) is 10.5 Å². The second-order valence-corrected chi connectivity index (χ2v) is 5.50. The molecule has 0 aliphatic carbocycles. The lowest BCUT2D eigenvalue weighted by atomic mass is 10.1. The Morgan fingerprint density at radius 1 is 1.00 bits per heavy atom. The molecular formula is C15H15NO2S. The van der Waals surface area contributed by atoms with E-state index in [0.29, 0.717) is 0 Å². The van der Waals surface area contributed by atoms with Crippen LogP contribution in [0.3, 0.4) is 0 Å². The van der Waals surface area contributed by atoms with Crippen LogP contribution in [0.5, 0.6) is 0 Å². The SMILES string of the molecule is CC(C(Sc1ccccc1)c1ccccc1)[N+](=O)[O-]. The van der Waals surface area contributed by atoms with E-state index in [-0.39, 0.29) is 10.2 Å². The molecule has 0 aliphatic rings. The zero-order valence-corrected chi connectivity index (χ0v) is 11.4. The lowest BCUT2D eigenvalue weighted by molar-refractivity contribution is -0.518. The molecule has 2 aromatic carbocycles. The number of nitrogens with zero attached hydrogens (tertiary/aromatic N) is 1. The maximum absolute atomic E-state index is 11.1. The fourth-order valence-electron chi connectivity index (χ4n) is 1.84. The highest BCUT2D eigenvalue weighted by atomic mass is 32.2. The van der Waals surface area contributed by atoms with Gasteiger partial charge in [-0.3, -0.25) is 10.1 Å². The molecule has 0 radical (unpaired) electrons. The van der Waals surface area contributed by atoms with Crippen molar-refractivity contribution in [3.63, 3.8) is 0 Å². The molecule has 0 aromatic heterocycles. The lowest BCUT2D eigenvalue weighted by Crippen LogP contribution is -2.22. The zero-order valence-electron chi connectivity index (χ0n) is 10.6. The van der Waals surface area contributed by atoms with Gasteiger partial charge in [0.2, 0.25) is 6.04 Å². The first-order valence-electron chi connectivity index (χ1n) is 6.08. The largest absolute Gasteiger partial charge is 0.264 e. The van der Waals surface area contributed by atoms with E-state index in [1.165, 1.54) is 11.8 Å². The zero-order chi connectivity index (χ0) is 13.7. The molecule has 0 aliphatic heterocycles. The fraction of sp³-hybridized carbons (Fsp3) is 0.200. The Morgan fingerprint density at radius 3 is 2.05 bits per heavy atom. The van der Waals surface area contributed by atoms with E-state index in [9.17, 15) is 10.1 Å². The monoisotopic (exact) mass is 273 g/mol. The molecule has 0 saturated carbocycles. The van der Waals surface area contributed by atoms with Crippen LogP contribution in [0.15, 0.2) is 65.6 Å². The Morgan fingerprint density at radius 2 is 1.53 bits per heavy atom. The number of thioether (sulfide) groups is 1. The summed E-state index contributed by atoms with van der Waals surface area (Å²) in [5, 5.41) is 10.9. The summed E-state index contributed by atoms with van der Waals surface area (Å²) in [6.07, 6.45) is 0. The first-order valence-corrected chi connectivity index (χ1v) is 6.96. The molecule has 0 saturated heterocycles. The van der Waals surface area contributed by atoms with Gasteiger partial charge in [-0.25, -0.2) is 0 Å². The van der Waals surface area contributed by atoms with Crippen molar-refractivity contribution < 1.29 is 4.92 Å². The molecular weight excluding hydrogens is 258 g/mol. The van der Waals surface area contributed by atoms with E-state index < -0.39 is 6.04 Å². The van der Waals surface area contributed by atoms with Gasteiger partial charge in [0.05, 0.1) is 0 Å². The molecule has 2 rings (SSSR count). The van der Waals surface area contributed by atoms with Crippen LogP contribution < -0.4 is 0 Å². The van der Waals surface area contributed by atoms with Gasteiger partial charge in [-0.1, -0.05) is 48.5 Å². The Kier molecular flexibility index (Phi) is 4.58. The summed E-state index contributed by atoms with van der Waals surface area (Å²) in [6.45, 7) is 1.66.